The average molecular weight is 864 g/mol. The molecule has 0 bridgehead atoms. The van der Waals surface area contributed by atoms with Crippen molar-refractivity contribution in [1.82, 2.24) is 24.3 Å². The number of aromatic nitrogens is 2. The molecule has 63 heavy (non-hydrogen) atoms. The number of benzene rings is 2. The molecular formula is C47H53N5O11. The number of rotatable bonds is 15. The van der Waals surface area contributed by atoms with Gasteiger partial charge in [0.25, 0.3) is 17.4 Å². The predicted octanol–water partition coefficient (Wildman–Crippen LogP) is 4.22. The van der Waals surface area contributed by atoms with Crippen molar-refractivity contribution >= 4 is 40.1 Å². The number of likely N-dealkylation sites (N-methyl/N-ethyl adjacent to an activating group) is 1. The third kappa shape index (κ3) is 8.97. The second-order valence-electron chi connectivity index (χ2n) is 17.1. The number of ketones is 2. The van der Waals surface area contributed by atoms with Crippen LogP contribution in [-0.2, 0) is 37.4 Å². The summed E-state index contributed by atoms with van der Waals surface area (Å²) in [6.45, 7) is 3.92. The first-order valence-corrected chi connectivity index (χ1v) is 21.4. The minimum absolute atomic E-state index is 0.0305. The summed E-state index contributed by atoms with van der Waals surface area (Å²) in [4.78, 5) is 85.4. The maximum atomic E-state index is 13.1. The summed E-state index contributed by atoms with van der Waals surface area (Å²) in [5, 5.41) is 1.34. The van der Waals surface area contributed by atoms with E-state index in [-0.39, 0.29) is 85.4 Å². The lowest BCUT2D eigenvalue weighted by Gasteiger charge is -2.38. The smallest absolute Gasteiger partial charge is 0.262 e. The van der Waals surface area contributed by atoms with Crippen LogP contribution in [0.3, 0.4) is 0 Å². The summed E-state index contributed by atoms with van der Waals surface area (Å²) in [6.07, 6.45) is 8.10. The average Bonchev–Trinajstić information content (AvgIpc) is 3.78. The molecule has 2 unspecified atom stereocenters. The summed E-state index contributed by atoms with van der Waals surface area (Å²) in [5.74, 6) is 0.0965. The Kier molecular flexibility index (Phi) is 12.8. The number of imide groups is 1. The maximum absolute atomic E-state index is 13.1. The van der Waals surface area contributed by atoms with Crippen molar-refractivity contribution in [1.29, 1.82) is 0 Å². The van der Waals surface area contributed by atoms with Crippen LogP contribution in [0.1, 0.15) is 71.2 Å². The van der Waals surface area contributed by atoms with E-state index in [1.807, 2.05) is 29.3 Å². The number of aryl methyl sites for hydroxylation is 1. The Balaban J connectivity index is 0.765. The van der Waals surface area contributed by atoms with Crippen molar-refractivity contribution in [2.45, 2.75) is 63.6 Å². The lowest BCUT2D eigenvalue weighted by atomic mass is 9.76. The maximum Gasteiger partial charge on any atom is 0.262 e. The second-order valence-corrected chi connectivity index (χ2v) is 17.1. The first-order valence-electron chi connectivity index (χ1n) is 21.4. The molecule has 8 rings (SSSR count). The van der Waals surface area contributed by atoms with Crippen LogP contribution in [0.15, 0.2) is 59.8 Å². The molecule has 3 aliphatic heterocycles. The molecule has 5 heterocycles. The first-order chi connectivity index (χ1) is 30.4. The number of carbonyl (C=O) groups is 5. The molecule has 0 N–H and O–H groups in total. The Morgan fingerprint density at radius 2 is 1.67 bits per heavy atom. The van der Waals surface area contributed by atoms with E-state index in [2.05, 4.69) is 16.9 Å². The van der Waals surface area contributed by atoms with Gasteiger partial charge in [0.2, 0.25) is 5.91 Å². The van der Waals surface area contributed by atoms with Gasteiger partial charge in [0, 0.05) is 63.8 Å². The van der Waals surface area contributed by atoms with Gasteiger partial charge in [0.15, 0.2) is 5.78 Å². The summed E-state index contributed by atoms with van der Waals surface area (Å²) in [5.41, 5.74) is 2.94. The van der Waals surface area contributed by atoms with Gasteiger partial charge in [-0.15, -0.1) is 0 Å². The van der Waals surface area contributed by atoms with Crippen molar-refractivity contribution < 1.29 is 47.7 Å². The van der Waals surface area contributed by atoms with Gasteiger partial charge in [-0.3, -0.25) is 43.6 Å². The van der Waals surface area contributed by atoms with Gasteiger partial charge >= 0.3 is 0 Å². The van der Waals surface area contributed by atoms with Crippen molar-refractivity contribution in [3.05, 3.63) is 82.0 Å². The molecule has 16 heteroatoms. The van der Waals surface area contributed by atoms with E-state index in [0.29, 0.717) is 55.4 Å². The van der Waals surface area contributed by atoms with Crippen molar-refractivity contribution in [3.63, 3.8) is 0 Å². The van der Waals surface area contributed by atoms with Gasteiger partial charge in [-0.25, -0.2) is 0 Å². The van der Waals surface area contributed by atoms with E-state index in [9.17, 15) is 28.8 Å². The third-order valence-corrected chi connectivity index (χ3v) is 12.9. The number of amides is 3. The fraction of sp³-hybridized carbons (Fsp3) is 0.468. The van der Waals surface area contributed by atoms with Crippen LogP contribution in [0, 0.1) is 5.41 Å². The molecule has 2 aromatic carbocycles. The van der Waals surface area contributed by atoms with Crippen LogP contribution in [0.25, 0.3) is 21.9 Å². The number of nitrogens with zero attached hydrogens (tertiary/aromatic N) is 5. The van der Waals surface area contributed by atoms with Gasteiger partial charge in [-0.1, -0.05) is 0 Å². The Hall–Kier alpha value is -5.97. The van der Waals surface area contributed by atoms with Gasteiger partial charge < -0.3 is 33.2 Å². The molecule has 332 valence electrons. The van der Waals surface area contributed by atoms with Gasteiger partial charge in [-0.2, -0.15) is 0 Å². The Morgan fingerprint density at radius 1 is 0.921 bits per heavy atom. The highest BCUT2D eigenvalue weighted by molar-refractivity contribution is 6.23. The number of hydrogen-bond acceptors (Lipinski definition) is 13. The van der Waals surface area contributed by atoms with E-state index in [0.717, 1.165) is 46.2 Å². The highest BCUT2D eigenvalue weighted by Crippen LogP contribution is 2.43. The quantitative estimate of drug-likeness (QED) is 0.0945. The third-order valence-electron chi connectivity index (χ3n) is 12.9. The zero-order valence-electron chi connectivity index (χ0n) is 36.2. The SMILES string of the molecule is COc1cc(-c2cn(C)c(=O)c3cnccc23)cc(OC)c1CN(C)CC1CC2(CCN(C(=O)CCOCCOc3ccc4c(c3)C(=O)N(C3CCC(=O)CC3=O)C4=O)CC2)CO1. The largest absolute Gasteiger partial charge is 0.496 e. The standard InChI is InChI=1S/C47H53N5O11/c1-49(26-38-41(59-3)19-29(20-42(38)60-4)37-27-50(2)44(56)36-24-48-13-9-33(36)37)25-32-23-47(28-63-32)11-14-51(15-12-47)43(55)10-16-61-17-18-62-31-6-7-34-35(22-31)46(58)52(45(34)57)39-8-5-30(53)21-40(39)54/h6-7,9,13,19-20,22,24,27,32,39H,5,8,10-12,14-18,21,23,25-26,28H2,1-4H3. The number of ether oxygens (including phenoxy) is 5. The molecule has 16 nitrogen and oxygen atoms in total. The van der Waals surface area contributed by atoms with Gasteiger partial charge in [0.1, 0.15) is 29.6 Å². The Morgan fingerprint density at radius 3 is 2.40 bits per heavy atom. The Bertz CT molecular complexity index is 2490. The van der Waals surface area contributed by atoms with Crippen LogP contribution in [0.5, 0.6) is 17.2 Å². The number of likely N-dealkylation sites (tertiary alicyclic amines) is 1. The molecule has 3 fully saturated rings. The molecule has 2 atom stereocenters. The molecule has 2 aromatic heterocycles. The number of fused-ring (bicyclic) bond motifs is 2. The highest BCUT2D eigenvalue weighted by atomic mass is 16.5. The van der Waals surface area contributed by atoms with Gasteiger partial charge in [-0.05, 0) is 85.5 Å². The molecule has 3 amide bonds. The zero-order chi connectivity index (χ0) is 44.4. The van der Waals surface area contributed by atoms with Gasteiger partial charge in [0.05, 0.1) is 81.1 Å². The van der Waals surface area contributed by atoms with E-state index in [1.54, 1.807) is 44.3 Å². The minimum atomic E-state index is -0.925. The first kappa shape index (κ1) is 43.7. The van der Waals surface area contributed by atoms with Crippen molar-refractivity contribution in [3.8, 4) is 28.4 Å². The minimum Gasteiger partial charge on any atom is -0.496 e. The summed E-state index contributed by atoms with van der Waals surface area (Å²) in [6, 6.07) is 9.49. The molecule has 0 radical (unpaired) electrons. The van der Waals surface area contributed by atoms with E-state index in [4.69, 9.17) is 23.7 Å². The molecule has 1 spiro atoms. The normalized spacial score (nSPS) is 19.7. The lowest BCUT2D eigenvalue weighted by molar-refractivity contribution is -0.135. The van der Waals surface area contributed by atoms with E-state index < -0.39 is 23.6 Å². The monoisotopic (exact) mass is 863 g/mol. The second kappa shape index (κ2) is 18.4. The van der Waals surface area contributed by atoms with Crippen molar-refractivity contribution in [2.24, 2.45) is 12.5 Å². The molecule has 1 aliphatic carbocycles. The van der Waals surface area contributed by atoms with Crippen molar-refractivity contribution in [2.75, 3.05) is 67.3 Å². The predicted molar refractivity (Wildman–Crippen MR) is 230 cm³/mol. The number of carbonyl (C=O) groups excluding carboxylic acids is 5. The molecule has 4 aromatic rings. The highest BCUT2D eigenvalue weighted by Gasteiger charge is 2.45. The topological polar surface area (TPSA) is 176 Å². The molecule has 4 aliphatic rings. The van der Waals surface area contributed by atoms with E-state index in [1.165, 1.54) is 12.1 Å². The number of Topliss-reactive ketones (excluding diaryl/α,β-unsaturated/α-hetero) is 2. The summed E-state index contributed by atoms with van der Waals surface area (Å²) >= 11 is 0. The summed E-state index contributed by atoms with van der Waals surface area (Å²) < 4.78 is 31.2. The number of hydrogen-bond donors (Lipinski definition) is 0. The van der Waals surface area contributed by atoms with E-state index >= 15 is 0 Å². The van der Waals surface area contributed by atoms with Crippen LogP contribution in [0.4, 0.5) is 0 Å². The van der Waals surface area contributed by atoms with Crippen LogP contribution >= 0.6 is 0 Å². The molecule has 1 saturated carbocycles. The van der Waals surface area contributed by atoms with Crippen LogP contribution < -0.4 is 19.8 Å². The molecule has 2 saturated heterocycles. The zero-order valence-corrected chi connectivity index (χ0v) is 36.2. The number of piperidine rings is 1. The van der Waals surface area contributed by atoms with Crippen LogP contribution in [-0.4, -0.2) is 133 Å². The molecular weight excluding hydrogens is 811 g/mol. The number of pyridine rings is 2. The lowest BCUT2D eigenvalue weighted by Crippen LogP contribution is -2.47. The number of methoxy groups -OCH3 is 2. The van der Waals surface area contributed by atoms with Crippen LogP contribution in [0.2, 0.25) is 0 Å². The fourth-order valence-corrected chi connectivity index (χ4v) is 9.49. The summed E-state index contributed by atoms with van der Waals surface area (Å²) in [7, 11) is 7.08. The fourth-order valence-electron chi connectivity index (χ4n) is 9.49. The Labute approximate surface area is 365 Å².